The third kappa shape index (κ3) is 1.68. The van der Waals surface area contributed by atoms with E-state index in [1.807, 2.05) is 24.3 Å². The minimum absolute atomic E-state index is 0.185. The molecule has 0 aliphatic rings. The van der Waals surface area contributed by atoms with Crippen LogP contribution in [0.1, 0.15) is 5.82 Å². The molecule has 0 spiro atoms. The van der Waals surface area contributed by atoms with Gasteiger partial charge < -0.3 is 10.7 Å². The van der Waals surface area contributed by atoms with E-state index in [1.165, 1.54) is 11.3 Å². The number of rotatable bonds is 0. The molecule has 7 nitrogen and oxygen atoms in total. The maximum Gasteiger partial charge on any atom is 0.268 e. The van der Waals surface area contributed by atoms with Gasteiger partial charge in [0.15, 0.2) is 5.65 Å². The lowest BCUT2D eigenvalue weighted by atomic mass is 10.2. The number of pyridine rings is 1. The maximum absolute atomic E-state index is 12.2. The Morgan fingerprint density at radius 3 is 2.58 bits per heavy atom. The van der Waals surface area contributed by atoms with E-state index >= 15 is 0 Å². The van der Waals surface area contributed by atoms with Crippen molar-refractivity contribution in [1.29, 1.82) is 0 Å². The summed E-state index contributed by atoms with van der Waals surface area (Å²) < 4.78 is 0.509. The molecule has 0 fully saturated rings. The van der Waals surface area contributed by atoms with Crippen LogP contribution in [0, 0.1) is 6.92 Å². The molecule has 3 N–H and O–H groups in total. The largest absolute Gasteiger partial charge is 0.396 e. The molecule has 5 rings (SSSR count). The fraction of sp³-hybridized carbons (Fsp3) is 0.0625. The van der Waals surface area contributed by atoms with Crippen molar-refractivity contribution in [2.75, 3.05) is 5.73 Å². The average Bonchev–Trinajstić information content (AvgIpc) is 2.92. The second-order valence-corrected chi connectivity index (χ2v) is 6.52. The molecule has 0 bridgehead atoms. The Labute approximate surface area is 138 Å². The normalized spacial score (nSPS) is 11.9. The molecule has 1 aromatic carbocycles. The minimum atomic E-state index is -0.185. The number of nitrogens with one attached hydrogen (secondary N) is 1. The molecule has 0 unspecified atom stereocenters. The molecule has 4 heterocycles. The number of nitrogen functional groups attached to an aromatic ring is 1. The molecule has 0 saturated heterocycles. The quantitative estimate of drug-likeness (QED) is 0.421. The van der Waals surface area contributed by atoms with E-state index in [9.17, 15) is 4.79 Å². The van der Waals surface area contributed by atoms with Crippen molar-refractivity contribution in [3.05, 3.63) is 40.4 Å². The van der Waals surface area contributed by atoms with Crippen LogP contribution in [0.5, 0.6) is 0 Å². The highest BCUT2D eigenvalue weighted by Crippen LogP contribution is 2.36. The number of aryl methyl sites for hydroxylation is 1. The number of aromatic amines is 1. The molecule has 0 radical (unpaired) electrons. The summed E-state index contributed by atoms with van der Waals surface area (Å²) in [6.07, 6.45) is 0. The Kier molecular flexibility index (Phi) is 2.47. The van der Waals surface area contributed by atoms with Gasteiger partial charge in [0, 0.05) is 0 Å². The first-order chi connectivity index (χ1) is 11.6. The molecule has 116 valence electrons. The Bertz CT molecular complexity index is 1350. The van der Waals surface area contributed by atoms with Crippen LogP contribution in [-0.2, 0) is 0 Å². The smallest absolute Gasteiger partial charge is 0.268 e. The Morgan fingerprint density at radius 2 is 1.79 bits per heavy atom. The van der Waals surface area contributed by atoms with E-state index in [0.29, 0.717) is 43.1 Å². The fourth-order valence-corrected chi connectivity index (χ4v) is 3.90. The monoisotopic (exact) mass is 334 g/mol. The van der Waals surface area contributed by atoms with Gasteiger partial charge in [-0.05, 0) is 19.1 Å². The van der Waals surface area contributed by atoms with Gasteiger partial charge in [-0.15, -0.1) is 11.3 Å². The Morgan fingerprint density at radius 1 is 1.04 bits per heavy atom. The summed E-state index contributed by atoms with van der Waals surface area (Å²) in [5, 5.41) is 0.668. The second-order valence-electron chi connectivity index (χ2n) is 5.52. The summed E-state index contributed by atoms with van der Waals surface area (Å²) in [5.74, 6) is 0.538. The number of hydrogen-bond donors (Lipinski definition) is 2. The van der Waals surface area contributed by atoms with Crippen molar-refractivity contribution in [3.8, 4) is 0 Å². The highest BCUT2D eigenvalue weighted by Gasteiger charge is 2.18. The SMILES string of the molecule is Cc1nc2c(sc3nc4nc5ccccc5nc4c(N)c32)c(=O)[nH]1. The zero-order valence-electron chi connectivity index (χ0n) is 12.5. The van der Waals surface area contributed by atoms with Gasteiger partial charge in [0.05, 0.1) is 22.1 Å². The van der Waals surface area contributed by atoms with E-state index in [0.717, 1.165) is 11.0 Å². The van der Waals surface area contributed by atoms with Crippen molar-refractivity contribution in [2.45, 2.75) is 6.92 Å². The first-order valence-electron chi connectivity index (χ1n) is 7.27. The average molecular weight is 334 g/mol. The van der Waals surface area contributed by atoms with Crippen molar-refractivity contribution < 1.29 is 0 Å². The Balaban J connectivity index is 2.05. The number of nitrogens with two attached hydrogens (primary N) is 1. The minimum Gasteiger partial charge on any atom is -0.396 e. The molecular weight excluding hydrogens is 324 g/mol. The predicted octanol–water partition coefficient (Wildman–Crippen LogP) is 2.52. The molecule has 0 saturated carbocycles. The van der Waals surface area contributed by atoms with Gasteiger partial charge in [-0.2, -0.15) is 0 Å². The molecule has 0 amide bonds. The van der Waals surface area contributed by atoms with Gasteiger partial charge in [-0.25, -0.2) is 19.9 Å². The second kappa shape index (κ2) is 4.45. The number of benzene rings is 1. The van der Waals surface area contributed by atoms with Crippen molar-refractivity contribution in [3.63, 3.8) is 0 Å². The van der Waals surface area contributed by atoms with Crippen LogP contribution in [0.15, 0.2) is 29.1 Å². The summed E-state index contributed by atoms with van der Waals surface area (Å²) in [6, 6.07) is 7.56. The van der Waals surface area contributed by atoms with Crippen molar-refractivity contribution in [2.24, 2.45) is 0 Å². The maximum atomic E-state index is 12.2. The van der Waals surface area contributed by atoms with E-state index in [2.05, 4.69) is 24.9 Å². The Hall–Kier alpha value is -3.13. The molecular formula is C16H10N6OS. The number of H-pyrrole nitrogens is 1. The predicted molar refractivity (Wildman–Crippen MR) is 95.3 cm³/mol. The zero-order valence-corrected chi connectivity index (χ0v) is 13.3. The number of fused-ring (bicyclic) bond motifs is 5. The van der Waals surface area contributed by atoms with Crippen LogP contribution < -0.4 is 11.3 Å². The third-order valence-corrected chi connectivity index (χ3v) is 5.00. The number of para-hydroxylation sites is 2. The zero-order chi connectivity index (χ0) is 16.4. The number of aromatic nitrogens is 5. The van der Waals surface area contributed by atoms with Crippen LogP contribution in [0.4, 0.5) is 5.69 Å². The summed E-state index contributed by atoms with van der Waals surface area (Å²) in [7, 11) is 0. The lowest BCUT2D eigenvalue weighted by Crippen LogP contribution is -2.07. The first-order valence-corrected chi connectivity index (χ1v) is 8.08. The van der Waals surface area contributed by atoms with Crippen molar-refractivity contribution >= 4 is 59.7 Å². The number of anilines is 1. The van der Waals surface area contributed by atoms with Crippen LogP contribution in [0.3, 0.4) is 0 Å². The van der Waals surface area contributed by atoms with Crippen LogP contribution in [0.25, 0.3) is 42.6 Å². The van der Waals surface area contributed by atoms with Gasteiger partial charge >= 0.3 is 0 Å². The summed E-state index contributed by atoms with van der Waals surface area (Å²) in [4.78, 5) is 33.7. The van der Waals surface area contributed by atoms with E-state index < -0.39 is 0 Å². The van der Waals surface area contributed by atoms with Crippen LogP contribution >= 0.6 is 11.3 Å². The van der Waals surface area contributed by atoms with Gasteiger partial charge in [0.1, 0.15) is 26.4 Å². The van der Waals surface area contributed by atoms with E-state index in [1.54, 1.807) is 6.92 Å². The number of hydrogen-bond acceptors (Lipinski definition) is 7. The van der Waals surface area contributed by atoms with Gasteiger partial charge in [-0.1, -0.05) is 12.1 Å². The lowest BCUT2D eigenvalue weighted by Gasteiger charge is -2.04. The fourth-order valence-electron chi connectivity index (χ4n) is 2.87. The summed E-state index contributed by atoms with van der Waals surface area (Å²) in [5.41, 5.74) is 9.71. The van der Waals surface area contributed by atoms with E-state index in [4.69, 9.17) is 5.73 Å². The third-order valence-electron chi connectivity index (χ3n) is 3.93. The van der Waals surface area contributed by atoms with Crippen LogP contribution in [-0.4, -0.2) is 24.9 Å². The molecule has 0 aliphatic carbocycles. The molecule has 24 heavy (non-hydrogen) atoms. The molecule has 4 aromatic heterocycles. The topological polar surface area (TPSA) is 110 Å². The lowest BCUT2D eigenvalue weighted by molar-refractivity contribution is 1.07. The molecule has 0 aliphatic heterocycles. The number of nitrogens with zero attached hydrogens (tertiary/aromatic N) is 4. The van der Waals surface area contributed by atoms with Gasteiger partial charge in [0.2, 0.25) is 0 Å². The molecule has 0 atom stereocenters. The van der Waals surface area contributed by atoms with Gasteiger partial charge in [-0.3, -0.25) is 4.79 Å². The van der Waals surface area contributed by atoms with Crippen LogP contribution in [0.2, 0.25) is 0 Å². The van der Waals surface area contributed by atoms with Crippen molar-refractivity contribution in [1.82, 2.24) is 24.9 Å². The standard InChI is InChI=1S/C16H10N6OS/c1-6-18-11-9-10(17)12-14(21-8-5-3-2-4-7(8)20-12)22-16(9)24-13(11)15(23)19-6/h2-5H,1H3,(H2,17,21,22)(H,18,19,23). The van der Waals surface area contributed by atoms with Gasteiger partial charge in [0.25, 0.3) is 5.56 Å². The summed E-state index contributed by atoms with van der Waals surface area (Å²) in [6.45, 7) is 1.74. The van der Waals surface area contributed by atoms with E-state index in [-0.39, 0.29) is 5.56 Å². The molecule has 5 aromatic rings. The first kappa shape index (κ1) is 13.3. The highest BCUT2D eigenvalue weighted by atomic mass is 32.1. The highest BCUT2D eigenvalue weighted by molar-refractivity contribution is 7.25. The molecule has 8 heteroatoms. The number of thiophene rings is 1. The summed E-state index contributed by atoms with van der Waals surface area (Å²) >= 11 is 1.27.